The molecule has 2 saturated heterocycles. The van der Waals surface area contributed by atoms with E-state index in [0.717, 1.165) is 19.1 Å². The zero-order valence-electron chi connectivity index (χ0n) is 11.5. The van der Waals surface area contributed by atoms with E-state index in [1.807, 2.05) is 6.92 Å². The van der Waals surface area contributed by atoms with Crippen LogP contribution in [-0.4, -0.2) is 37.1 Å². The number of hydrogen-bond donors (Lipinski definition) is 1. The number of nitrogens with two attached hydrogens (primary N) is 1. The molecule has 2 fully saturated rings. The number of piperazine rings is 1. The summed E-state index contributed by atoms with van der Waals surface area (Å²) in [5, 5.41) is 0. The van der Waals surface area contributed by atoms with Crippen LogP contribution in [0.3, 0.4) is 0 Å². The molecule has 0 radical (unpaired) electrons. The summed E-state index contributed by atoms with van der Waals surface area (Å²) in [6, 6.07) is 7.39. The van der Waals surface area contributed by atoms with Crippen molar-refractivity contribution in [2.75, 3.05) is 31.1 Å². The second-order valence-corrected chi connectivity index (χ2v) is 6.63. The first-order valence-electron chi connectivity index (χ1n) is 7.19. The Bertz CT molecular complexity index is 461. The summed E-state index contributed by atoms with van der Waals surface area (Å²) in [6.45, 7) is 6.82. The largest absolute Gasteiger partial charge is 0.368 e. The van der Waals surface area contributed by atoms with Crippen LogP contribution in [0.15, 0.2) is 22.7 Å². The molecule has 0 saturated carbocycles. The molecule has 4 heteroatoms. The Labute approximate surface area is 123 Å². The monoisotopic (exact) mass is 323 g/mol. The van der Waals surface area contributed by atoms with E-state index < -0.39 is 0 Å². The standard InChI is InChI=1S/C15H22BrN3/c1-11(17)12-4-5-15(14(16)9-12)19-8-7-18-6-2-3-13(18)10-19/h4-5,9,11,13H,2-3,6-8,10,17H2,1H3/t11-,13?/m1/s1. The summed E-state index contributed by atoms with van der Waals surface area (Å²) in [6.07, 6.45) is 2.72. The third kappa shape index (κ3) is 2.67. The first-order chi connectivity index (χ1) is 9.15. The van der Waals surface area contributed by atoms with E-state index in [1.165, 1.54) is 41.7 Å². The molecule has 3 nitrogen and oxygen atoms in total. The molecule has 2 atom stereocenters. The van der Waals surface area contributed by atoms with Crippen molar-refractivity contribution in [3.63, 3.8) is 0 Å². The van der Waals surface area contributed by atoms with Gasteiger partial charge in [0.1, 0.15) is 0 Å². The highest BCUT2D eigenvalue weighted by atomic mass is 79.9. The van der Waals surface area contributed by atoms with Gasteiger partial charge in [0, 0.05) is 36.2 Å². The Hall–Kier alpha value is -0.580. The summed E-state index contributed by atoms with van der Waals surface area (Å²) in [5.41, 5.74) is 8.45. The highest BCUT2D eigenvalue weighted by Gasteiger charge is 2.31. The fraction of sp³-hybridized carbons (Fsp3) is 0.600. The Morgan fingerprint density at radius 3 is 2.89 bits per heavy atom. The number of halogens is 1. The number of hydrogen-bond acceptors (Lipinski definition) is 3. The van der Waals surface area contributed by atoms with Gasteiger partial charge in [-0.2, -0.15) is 0 Å². The number of nitrogens with zero attached hydrogens (tertiary/aromatic N) is 2. The maximum atomic E-state index is 5.94. The molecule has 0 spiro atoms. The average Bonchev–Trinajstić information content (AvgIpc) is 2.85. The Kier molecular flexibility index (Phi) is 3.83. The van der Waals surface area contributed by atoms with E-state index in [-0.39, 0.29) is 6.04 Å². The highest BCUT2D eigenvalue weighted by Crippen LogP contribution is 2.32. The lowest BCUT2D eigenvalue weighted by Crippen LogP contribution is -2.50. The van der Waals surface area contributed by atoms with Gasteiger partial charge < -0.3 is 10.6 Å². The number of benzene rings is 1. The first-order valence-corrected chi connectivity index (χ1v) is 7.98. The van der Waals surface area contributed by atoms with Crippen molar-refractivity contribution in [1.29, 1.82) is 0 Å². The van der Waals surface area contributed by atoms with Gasteiger partial charge in [-0.3, -0.25) is 4.90 Å². The molecule has 3 rings (SSSR count). The lowest BCUT2D eigenvalue weighted by Gasteiger charge is -2.39. The molecule has 2 aliphatic rings. The minimum atomic E-state index is 0.0945. The molecule has 0 aliphatic carbocycles. The topological polar surface area (TPSA) is 32.5 Å². The summed E-state index contributed by atoms with van der Waals surface area (Å²) in [5.74, 6) is 0. The van der Waals surface area contributed by atoms with Crippen molar-refractivity contribution in [3.05, 3.63) is 28.2 Å². The summed E-state index contributed by atoms with van der Waals surface area (Å²) < 4.78 is 1.17. The van der Waals surface area contributed by atoms with Crippen LogP contribution in [0, 0.1) is 0 Å². The second-order valence-electron chi connectivity index (χ2n) is 5.78. The molecule has 1 aromatic rings. The lowest BCUT2D eigenvalue weighted by atomic mass is 10.1. The molecule has 2 N–H and O–H groups in total. The van der Waals surface area contributed by atoms with Crippen LogP contribution in [-0.2, 0) is 0 Å². The van der Waals surface area contributed by atoms with Crippen LogP contribution in [0.1, 0.15) is 31.4 Å². The second kappa shape index (κ2) is 5.43. The molecule has 0 aromatic heterocycles. The van der Waals surface area contributed by atoms with Gasteiger partial charge in [-0.15, -0.1) is 0 Å². The molecule has 19 heavy (non-hydrogen) atoms. The summed E-state index contributed by atoms with van der Waals surface area (Å²) in [7, 11) is 0. The van der Waals surface area contributed by atoms with E-state index in [0.29, 0.717) is 0 Å². The van der Waals surface area contributed by atoms with Crippen molar-refractivity contribution in [2.45, 2.75) is 31.8 Å². The van der Waals surface area contributed by atoms with E-state index in [4.69, 9.17) is 5.73 Å². The first kappa shape index (κ1) is 13.4. The SMILES string of the molecule is C[C@@H](N)c1ccc(N2CCN3CCCC3C2)c(Br)c1. The fourth-order valence-corrected chi connectivity index (χ4v) is 3.92. The van der Waals surface area contributed by atoms with Gasteiger partial charge in [-0.05, 0) is 59.9 Å². The van der Waals surface area contributed by atoms with Crippen LogP contribution in [0.5, 0.6) is 0 Å². The fourth-order valence-electron chi connectivity index (χ4n) is 3.27. The number of anilines is 1. The van der Waals surface area contributed by atoms with Crippen molar-refractivity contribution in [2.24, 2.45) is 5.73 Å². The molecule has 0 amide bonds. The summed E-state index contributed by atoms with van der Waals surface area (Å²) >= 11 is 3.71. The van der Waals surface area contributed by atoms with Crippen LogP contribution in [0.2, 0.25) is 0 Å². The zero-order chi connectivity index (χ0) is 13.4. The predicted octanol–water partition coefficient (Wildman–Crippen LogP) is 2.75. The molecular formula is C15H22BrN3. The smallest absolute Gasteiger partial charge is 0.0511 e. The minimum Gasteiger partial charge on any atom is -0.368 e. The van der Waals surface area contributed by atoms with Gasteiger partial charge >= 0.3 is 0 Å². The quantitative estimate of drug-likeness (QED) is 0.908. The maximum Gasteiger partial charge on any atom is 0.0511 e. The van der Waals surface area contributed by atoms with E-state index in [2.05, 4.69) is 43.9 Å². The van der Waals surface area contributed by atoms with Gasteiger partial charge in [0.15, 0.2) is 0 Å². The Morgan fingerprint density at radius 1 is 1.32 bits per heavy atom. The Balaban J connectivity index is 1.78. The van der Waals surface area contributed by atoms with Crippen molar-refractivity contribution in [3.8, 4) is 0 Å². The molecule has 1 aromatic carbocycles. The van der Waals surface area contributed by atoms with E-state index in [1.54, 1.807) is 0 Å². The molecule has 2 aliphatic heterocycles. The third-order valence-electron chi connectivity index (χ3n) is 4.43. The van der Waals surface area contributed by atoms with Crippen LogP contribution < -0.4 is 10.6 Å². The van der Waals surface area contributed by atoms with Crippen molar-refractivity contribution >= 4 is 21.6 Å². The molecular weight excluding hydrogens is 302 g/mol. The van der Waals surface area contributed by atoms with Crippen LogP contribution in [0.4, 0.5) is 5.69 Å². The normalized spacial score (nSPS) is 25.4. The van der Waals surface area contributed by atoms with Gasteiger partial charge in [-0.25, -0.2) is 0 Å². The number of rotatable bonds is 2. The molecule has 104 valence electrons. The Morgan fingerprint density at radius 2 is 2.16 bits per heavy atom. The van der Waals surface area contributed by atoms with Crippen LogP contribution in [0.25, 0.3) is 0 Å². The van der Waals surface area contributed by atoms with Crippen molar-refractivity contribution in [1.82, 2.24) is 4.90 Å². The average molecular weight is 324 g/mol. The van der Waals surface area contributed by atoms with Gasteiger partial charge in [-0.1, -0.05) is 6.07 Å². The third-order valence-corrected chi connectivity index (χ3v) is 5.06. The highest BCUT2D eigenvalue weighted by molar-refractivity contribution is 9.10. The maximum absolute atomic E-state index is 5.94. The van der Waals surface area contributed by atoms with E-state index in [9.17, 15) is 0 Å². The van der Waals surface area contributed by atoms with Gasteiger partial charge in [0.05, 0.1) is 5.69 Å². The number of fused-ring (bicyclic) bond motifs is 1. The molecule has 1 unspecified atom stereocenters. The summed E-state index contributed by atoms with van der Waals surface area (Å²) in [4.78, 5) is 5.16. The molecule has 2 heterocycles. The van der Waals surface area contributed by atoms with Crippen LogP contribution >= 0.6 is 15.9 Å². The predicted molar refractivity (Wildman–Crippen MR) is 83.6 cm³/mol. The molecule has 0 bridgehead atoms. The lowest BCUT2D eigenvalue weighted by molar-refractivity contribution is 0.231. The van der Waals surface area contributed by atoms with Gasteiger partial charge in [0.25, 0.3) is 0 Å². The van der Waals surface area contributed by atoms with Gasteiger partial charge in [0.2, 0.25) is 0 Å². The minimum absolute atomic E-state index is 0.0945. The van der Waals surface area contributed by atoms with Crippen molar-refractivity contribution < 1.29 is 0 Å². The van der Waals surface area contributed by atoms with E-state index >= 15 is 0 Å². The zero-order valence-corrected chi connectivity index (χ0v) is 13.1.